The normalized spacial score (nSPS) is 14.4. The molecule has 0 aliphatic carbocycles. The van der Waals surface area contributed by atoms with Crippen LogP contribution in [-0.4, -0.2) is 0 Å². The molecule has 4 heteroatoms. The third kappa shape index (κ3) is 1.36. The van der Waals surface area contributed by atoms with E-state index in [1.807, 2.05) is 23.0 Å². The van der Waals surface area contributed by atoms with Crippen LogP contribution < -0.4 is 0 Å². The average Bonchev–Trinajstić information content (AvgIpc) is 2.43. The van der Waals surface area contributed by atoms with Gasteiger partial charge in [0.1, 0.15) is 17.7 Å². The largest absolute Gasteiger partial charge is 0.192 e. The van der Waals surface area contributed by atoms with Crippen LogP contribution >= 0.6 is 23.5 Å². The summed E-state index contributed by atoms with van der Waals surface area (Å²) < 4.78 is 0.782. The lowest BCUT2D eigenvalue weighted by Crippen LogP contribution is -1.72. The predicted molar refractivity (Wildman–Crippen MR) is 42.6 cm³/mol. The zero-order valence-corrected chi connectivity index (χ0v) is 6.50. The Bertz CT molecular complexity index is 251. The van der Waals surface area contributed by atoms with E-state index in [1.54, 1.807) is 0 Å². The molecule has 0 unspecified atom stereocenters. The van der Waals surface area contributed by atoms with Crippen molar-refractivity contribution in [3.63, 3.8) is 0 Å². The van der Waals surface area contributed by atoms with Crippen molar-refractivity contribution in [2.45, 2.75) is 0 Å². The second kappa shape index (κ2) is 3.36. The molecule has 1 aliphatic rings. The minimum Gasteiger partial charge on any atom is -0.192 e. The van der Waals surface area contributed by atoms with Crippen LogP contribution in [0.25, 0.3) is 0 Å². The van der Waals surface area contributed by atoms with Gasteiger partial charge in [0, 0.05) is 0 Å². The molecule has 0 amide bonds. The highest BCUT2D eigenvalue weighted by Gasteiger charge is 2.08. The lowest BCUT2D eigenvalue weighted by Gasteiger charge is -1.88. The summed E-state index contributed by atoms with van der Waals surface area (Å²) in [4.78, 5) is 0. The molecule has 0 aromatic carbocycles. The molecule has 0 saturated heterocycles. The van der Waals surface area contributed by atoms with Gasteiger partial charge in [-0.1, -0.05) is 23.5 Å². The summed E-state index contributed by atoms with van der Waals surface area (Å²) in [5.74, 6) is 0. The van der Waals surface area contributed by atoms with Crippen LogP contribution in [0.4, 0.5) is 0 Å². The highest BCUT2D eigenvalue weighted by Crippen LogP contribution is 2.39. The molecule has 0 atom stereocenters. The highest BCUT2D eigenvalue weighted by atomic mass is 32.2. The van der Waals surface area contributed by atoms with Crippen LogP contribution in [0.1, 0.15) is 0 Å². The molecule has 0 spiro atoms. The van der Waals surface area contributed by atoms with E-state index in [0.717, 1.165) is 4.24 Å². The van der Waals surface area contributed by atoms with Crippen LogP contribution in [0.5, 0.6) is 0 Å². The molecule has 0 bridgehead atoms. The van der Waals surface area contributed by atoms with E-state index in [2.05, 4.69) is 0 Å². The van der Waals surface area contributed by atoms with Gasteiger partial charge in [-0.25, -0.2) is 0 Å². The molecule has 0 radical (unpaired) electrons. The second-order valence-electron chi connectivity index (χ2n) is 1.39. The van der Waals surface area contributed by atoms with Crippen LogP contribution in [-0.2, 0) is 0 Å². The monoisotopic (exact) mass is 166 g/mol. The maximum Gasteiger partial charge on any atom is 0.150 e. The van der Waals surface area contributed by atoms with Gasteiger partial charge in [0.05, 0.1) is 4.24 Å². The van der Waals surface area contributed by atoms with Gasteiger partial charge in [-0.2, -0.15) is 10.5 Å². The van der Waals surface area contributed by atoms with Crippen LogP contribution in [0, 0.1) is 22.7 Å². The molecule has 0 fully saturated rings. The van der Waals surface area contributed by atoms with E-state index in [0.29, 0.717) is 0 Å². The molecule has 2 nitrogen and oxygen atoms in total. The first-order valence-electron chi connectivity index (χ1n) is 2.41. The van der Waals surface area contributed by atoms with Gasteiger partial charge in [0.2, 0.25) is 0 Å². The number of allylic oxidation sites excluding steroid dienone is 1. The topological polar surface area (TPSA) is 47.6 Å². The maximum absolute atomic E-state index is 8.40. The Kier molecular flexibility index (Phi) is 2.44. The van der Waals surface area contributed by atoms with E-state index < -0.39 is 0 Å². The summed E-state index contributed by atoms with van der Waals surface area (Å²) in [7, 11) is 0. The summed E-state index contributed by atoms with van der Waals surface area (Å²) in [5, 5.41) is 20.5. The first-order valence-corrected chi connectivity index (χ1v) is 4.17. The van der Waals surface area contributed by atoms with Gasteiger partial charge in [0.15, 0.2) is 0 Å². The third-order valence-corrected chi connectivity index (χ3v) is 2.96. The Hall–Kier alpha value is -0.840. The Morgan fingerprint density at radius 3 is 2.10 bits per heavy atom. The Morgan fingerprint density at radius 1 is 1.20 bits per heavy atom. The SMILES string of the molecule is N#CC(C#N)=C1SC=CS1. The number of nitrogens with zero attached hydrogens (tertiary/aromatic N) is 2. The van der Waals surface area contributed by atoms with Crippen molar-refractivity contribution in [3.05, 3.63) is 20.6 Å². The minimum atomic E-state index is 0.208. The van der Waals surface area contributed by atoms with Crippen LogP contribution in [0.3, 0.4) is 0 Å². The minimum absolute atomic E-state index is 0.208. The third-order valence-electron chi connectivity index (χ3n) is 0.833. The fraction of sp³-hybridized carbons (Fsp3) is 0. The van der Waals surface area contributed by atoms with Gasteiger partial charge >= 0.3 is 0 Å². The van der Waals surface area contributed by atoms with E-state index in [9.17, 15) is 0 Å². The molecule has 1 heterocycles. The molecule has 0 N–H and O–H groups in total. The van der Waals surface area contributed by atoms with Crippen molar-refractivity contribution in [1.29, 1.82) is 10.5 Å². The molecule has 1 rings (SSSR count). The van der Waals surface area contributed by atoms with E-state index >= 15 is 0 Å². The Morgan fingerprint density at radius 2 is 1.70 bits per heavy atom. The van der Waals surface area contributed by atoms with Gasteiger partial charge in [-0.05, 0) is 10.8 Å². The smallest absolute Gasteiger partial charge is 0.150 e. The predicted octanol–water partition coefficient (Wildman–Crippen LogP) is 2.20. The van der Waals surface area contributed by atoms with Crippen molar-refractivity contribution < 1.29 is 0 Å². The summed E-state index contributed by atoms with van der Waals surface area (Å²) in [6.45, 7) is 0. The standard InChI is InChI=1S/C6H2N2S2/c7-3-5(4-8)6-9-1-2-10-6/h1-2H. The highest BCUT2D eigenvalue weighted by molar-refractivity contribution is 8.27. The van der Waals surface area contributed by atoms with Crippen LogP contribution in [0.15, 0.2) is 20.6 Å². The van der Waals surface area contributed by atoms with E-state index in [4.69, 9.17) is 10.5 Å². The zero-order chi connectivity index (χ0) is 7.40. The fourth-order valence-electron chi connectivity index (χ4n) is 0.441. The molecular weight excluding hydrogens is 164 g/mol. The van der Waals surface area contributed by atoms with Gasteiger partial charge < -0.3 is 0 Å². The maximum atomic E-state index is 8.40. The number of hydrogen-bond acceptors (Lipinski definition) is 4. The summed E-state index contributed by atoms with van der Waals surface area (Å²) in [5.41, 5.74) is 0.208. The molecule has 1 aliphatic heterocycles. The fourth-order valence-corrected chi connectivity index (χ4v) is 2.11. The lowest BCUT2D eigenvalue weighted by atomic mass is 10.4. The van der Waals surface area contributed by atoms with Crippen molar-refractivity contribution in [1.82, 2.24) is 0 Å². The van der Waals surface area contributed by atoms with Gasteiger partial charge in [-0.15, -0.1) is 0 Å². The van der Waals surface area contributed by atoms with Crippen molar-refractivity contribution in [3.8, 4) is 12.1 Å². The van der Waals surface area contributed by atoms with Crippen LogP contribution in [0.2, 0.25) is 0 Å². The first kappa shape index (κ1) is 7.27. The number of hydrogen-bond donors (Lipinski definition) is 0. The van der Waals surface area contributed by atoms with E-state index in [1.165, 1.54) is 23.5 Å². The zero-order valence-electron chi connectivity index (χ0n) is 4.87. The Labute approximate surface area is 67.2 Å². The Balaban J connectivity index is 2.88. The average molecular weight is 166 g/mol. The second-order valence-corrected chi connectivity index (χ2v) is 3.48. The first-order chi connectivity index (χ1) is 4.88. The number of thioether (sulfide) groups is 2. The summed E-state index contributed by atoms with van der Waals surface area (Å²) in [6, 6.07) is 3.66. The number of nitriles is 2. The van der Waals surface area contributed by atoms with Crippen molar-refractivity contribution in [2.75, 3.05) is 0 Å². The molecule has 0 aromatic heterocycles. The molecule has 0 aromatic rings. The number of rotatable bonds is 0. The summed E-state index contributed by atoms with van der Waals surface area (Å²) in [6.07, 6.45) is 0. The van der Waals surface area contributed by atoms with Gasteiger partial charge in [0.25, 0.3) is 0 Å². The molecule has 48 valence electrons. The molecule has 0 saturated carbocycles. The lowest BCUT2D eigenvalue weighted by molar-refractivity contribution is 1.47. The quantitative estimate of drug-likeness (QED) is 0.517. The van der Waals surface area contributed by atoms with Crippen molar-refractivity contribution in [2.24, 2.45) is 0 Å². The van der Waals surface area contributed by atoms with E-state index in [-0.39, 0.29) is 5.57 Å². The van der Waals surface area contributed by atoms with Crippen molar-refractivity contribution >= 4 is 23.5 Å². The summed E-state index contributed by atoms with van der Waals surface area (Å²) >= 11 is 2.83. The molecular formula is C6H2N2S2. The molecule has 10 heavy (non-hydrogen) atoms. The van der Waals surface area contributed by atoms with Gasteiger partial charge in [-0.3, -0.25) is 0 Å².